The molecule has 129 heavy (non-hydrogen) atoms. The number of H-pyrrole nitrogens is 2. The van der Waals surface area contributed by atoms with Crippen LogP contribution in [-0.2, 0) is 52.1 Å². The molecule has 7 aromatic rings. The molecule has 5 atom stereocenters. The first-order valence-corrected chi connectivity index (χ1v) is 37.8. The Morgan fingerprint density at radius 1 is 0.667 bits per heavy atom. The van der Waals surface area contributed by atoms with Gasteiger partial charge in [0.1, 0.15) is 85.1 Å². The second-order valence-electron chi connectivity index (χ2n) is 29.4. The molecular formula is C78H110Cl3N17O31. The smallest absolute Gasteiger partial charge is 0.349 e. The quantitative estimate of drug-likeness (QED) is 0.0129. The minimum Gasteiger partial charge on any atom is -1.00 e. The monoisotopic (exact) mass is 1890 g/mol. The Balaban J connectivity index is 0.00000152. The molecule has 1 fully saturated rings. The van der Waals surface area contributed by atoms with Gasteiger partial charge in [0, 0.05) is 71.1 Å². The van der Waals surface area contributed by atoms with Gasteiger partial charge >= 0.3 is 23.6 Å². The van der Waals surface area contributed by atoms with Crippen molar-refractivity contribution in [3.05, 3.63) is 172 Å². The van der Waals surface area contributed by atoms with E-state index in [-0.39, 0.29) is 160 Å². The molecule has 48 nitrogen and oxygen atoms in total. The van der Waals surface area contributed by atoms with E-state index in [0.29, 0.717) is 62.3 Å². The molecule has 2 aromatic carbocycles. The lowest BCUT2D eigenvalue weighted by Crippen LogP contribution is -3.00. The first-order chi connectivity index (χ1) is 59.0. The van der Waals surface area contributed by atoms with E-state index < -0.39 is 132 Å². The number of anilines is 2. The van der Waals surface area contributed by atoms with Crippen LogP contribution in [-0.4, -0.2) is 329 Å². The van der Waals surface area contributed by atoms with Crippen LogP contribution in [0.15, 0.2) is 93.9 Å². The number of aliphatic carboxylic acids is 3. The van der Waals surface area contributed by atoms with Crippen molar-refractivity contribution in [2.45, 2.75) is 161 Å². The summed E-state index contributed by atoms with van der Waals surface area (Å²) in [5.41, 5.74) is 14.1. The maximum atomic E-state index is 12.3. The highest BCUT2D eigenvalue weighted by Gasteiger charge is 2.47. The van der Waals surface area contributed by atoms with Crippen LogP contribution in [0.2, 0.25) is 0 Å². The Morgan fingerprint density at radius 3 is 1.68 bits per heavy atom. The van der Waals surface area contributed by atoms with Crippen LogP contribution in [0, 0.1) is 33.1 Å². The number of aldehydes is 1. The Bertz CT molecular complexity index is 5200. The number of rotatable bonds is 27. The van der Waals surface area contributed by atoms with Gasteiger partial charge < -0.3 is 156 Å². The standard InChI is InChI=1S/C19H19N7O6.C17H20N4O6.C9H17NO5.C8H11NO3.C8H9NO3.C6H6N2O.C6H12O6.C5H14NO.3ClH/c20-19-25-15-14(17(30)26-19)23-11(8-22-15)7-21-10-3-1-9(2-4-10)16(29)24-12(18(31)32)5-6-13(27)28;1-7-3-9-10(4-8(7)2)21(5-11(23)14(25)12(24)6-22)15-13(18-9)16(26)20-17(27)19-15;1-9(2,5-11)7(14)8(15)10-4-3-6(12)13;2*1-5-8(12)7(4-11)6(3-10)2-9-5;7-6(9)5-2-1-3-8-4-5;7-1-2(8)4(10)6(12)5(11)3(1)9;1-6(2,3)4-5-7;;;/h1-4,8,12,21H,5-7H2,(H,24,29)(H,27,28)(H,31,32)(H3,20,22,25,26,30);3-4,11-12,14,22-25H,5-6H2,1-2H3,(H,20,26,27);7,11,14H,3-5H2,1-2H3,(H,10,15)(H,12,13);2,10-12H,3-4H2,1H3;2,4,10,12H,3H2,1H3;1-4H,(H2,7,9);1-12H;7H,4-5H2,1-3H3;3*1H/q;;;;;;;+1;;;/p-1/t12-;11-,12+,14-;7-;;;;;;;;/m000......../s1. The second kappa shape index (κ2) is 55.9. The third-order valence-electron chi connectivity index (χ3n) is 18.2. The zero-order valence-corrected chi connectivity index (χ0v) is 73.3. The van der Waals surface area contributed by atoms with Crippen LogP contribution in [0.4, 0.5) is 11.6 Å². The number of hydrogen-bond donors (Lipinski definition) is 28. The lowest BCUT2D eigenvalue weighted by molar-refractivity contribution is -0.870. The molecule has 30 N–H and O–H groups in total. The topological polar surface area (TPSA) is 823 Å². The van der Waals surface area contributed by atoms with Crippen LogP contribution in [0.1, 0.15) is 109 Å². The molecule has 1 aliphatic carbocycles. The summed E-state index contributed by atoms with van der Waals surface area (Å²) in [5, 5.41) is 198. The number of aromatic hydroxyl groups is 2. The summed E-state index contributed by atoms with van der Waals surface area (Å²) in [7, 11) is 6.16. The number of aliphatic hydroxyl groups excluding tert-OH is 16. The van der Waals surface area contributed by atoms with Crippen molar-refractivity contribution in [2.24, 2.45) is 11.1 Å². The van der Waals surface area contributed by atoms with Crippen molar-refractivity contribution in [3.63, 3.8) is 0 Å². The highest BCUT2D eigenvalue weighted by atomic mass is 35.5. The third-order valence-corrected chi connectivity index (χ3v) is 18.2. The number of aryl methyl sites for hydroxylation is 4. The summed E-state index contributed by atoms with van der Waals surface area (Å²) < 4.78 is 2.25. The third kappa shape index (κ3) is 36.4. The van der Waals surface area contributed by atoms with Crippen molar-refractivity contribution >= 4 is 101 Å². The number of aromatic nitrogens is 11. The van der Waals surface area contributed by atoms with Crippen LogP contribution in [0.25, 0.3) is 33.7 Å². The molecule has 714 valence electrons. The number of fused-ring (bicyclic) bond motifs is 3. The van der Waals surface area contributed by atoms with Crippen molar-refractivity contribution < 1.29 is 158 Å². The first kappa shape index (κ1) is 117. The van der Waals surface area contributed by atoms with Crippen LogP contribution < -0.4 is 56.6 Å². The molecule has 3 aliphatic rings. The largest absolute Gasteiger partial charge is 1.00 e. The van der Waals surface area contributed by atoms with E-state index >= 15 is 0 Å². The van der Waals surface area contributed by atoms with Crippen molar-refractivity contribution in [3.8, 4) is 23.0 Å². The Morgan fingerprint density at radius 2 is 1.22 bits per heavy atom. The van der Waals surface area contributed by atoms with Gasteiger partial charge in [-0.15, -0.1) is 24.8 Å². The number of quaternary nitrogens is 1. The van der Waals surface area contributed by atoms with Gasteiger partial charge in [0.15, 0.2) is 29.0 Å². The first-order valence-electron chi connectivity index (χ1n) is 37.8. The highest BCUT2D eigenvalue weighted by molar-refractivity contribution is 5.97. The minimum absolute atomic E-state index is 0. The van der Waals surface area contributed by atoms with Gasteiger partial charge in [-0.1, -0.05) is 13.8 Å². The van der Waals surface area contributed by atoms with E-state index in [2.05, 4.69) is 86.9 Å². The zero-order valence-electron chi connectivity index (χ0n) is 70.9. The zero-order chi connectivity index (χ0) is 95.5. The fourth-order valence-electron chi connectivity index (χ4n) is 10.4. The van der Waals surface area contributed by atoms with Gasteiger partial charge in [-0.2, -0.15) is 9.97 Å². The number of benzene rings is 2. The number of likely N-dealkylation sites (N-methyl/N-ethyl adjacent to an activating group) is 1. The summed E-state index contributed by atoms with van der Waals surface area (Å²) >= 11 is 0. The number of aromatic amines is 2. The minimum atomic E-state index is -1.64. The van der Waals surface area contributed by atoms with Gasteiger partial charge in [-0.25, -0.2) is 24.5 Å². The molecule has 7 heterocycles. The molecule has 0 spiro atoms. The van der Waals surface area contributed by atoms with Crippen molar-refractivity contribution in [1.29, 1.82) is 0 Å². The molecule has 51 heteroatoms. The number of primary amides is 1. The lowest BCUT2D eigenvalue weighted by Gasteiger charge is -2.39. The van der Waals surface area contributed by atoms with Gasteiger partial charge in [-0.3, -0.25) is 63.3 Å². The Hall–Kier alpha value is -11.7. The summed E-state index contributed by atoms with van der Waals surface area (Å²) in [5.74, 6) is -5.54. The summed E-state index contributed by atoms with van der Waals surface area (Å²) in [6.07, 6.45) is -8.88. The van der Waals surface area contributed by atoms with Gasteiger partial charge in [0.2, 0.25) is 17.8 Å². The van der Waals surface area contributed by atoms with E-state index in [9.17, 15) is 78.6 Å². The van der Waals surface area contributed by atoms with Crippen LogP contribution in [0.3, 0.4) is 0 Å². The second-order valence-corrected chi connectivity index (χ2v) is 29.4. The molecular weight excluding hydrogens is 1780 g/mol. The number of nitrogens with two attached hydrogens (primary N) is 2. The molecule has 0 radical (unpaired) electrons. The average molecular weight is 1890 g/mol. The predicted octanol–water partition coefficient (Wildman–Crippen LogP) is -8.45. The molecule has 1 saturated carbocycles. The SMILES string of the molecule is CC(C)(CO)[C@@H](O)C(=O)NCCC(=O)O.C[N+](C)(C)CCO.Cc1cc2nc3c(=O)[nH]c(=O)nc-3n(C[C@H](O)[C@H](O)[C@H](O)CO)c2cc1C.Cc1ncc(CO)c(C=O)c1O.Cc1ncc(CO)c(CO)c1O.Cl.Cl.NC(=O)c1cccnc1.Nc1nc2ncc(CNc3ccc(C(=O)N[C@@H](CCC(=O)O)C(=O)O)cc3)nc2c(=O)[nH]1.OC1C(O)C(O)C(O)C(O)C1O.[Cl-]. The molecule has 10 rings (SSSR count). The summed E-state index contributed by atoms with van der Waals surface area (Å²) in [6, 6.07) is 11.7. The van der Waals surface area contributed by atoms with E-state index in [0.717, 1.165) is 22.2 Å². The molecule has 0 saturated heterocycles. The van der Waals surface area contributed by atoms with Crippen molar-refractivity contribution in [1.82, 2.24) is 65.0 Å². The number of pyridine rings is 3. The van der Waals surface area contributed by atoms with Gasteiger partial charge in [0.05, 0.1) is 126 Å². The number of halogens is 3. The lowest BCUT2D eigenvalue weighted by atomic mass is 9.85. The summed E-state index contributed by atoms with van der Waals surface area (Å²) in [6.45, 7) is 9.19. The van der Waals surface area contributed by atoms with Crippen molar-refractivity contribution in [2.75, 3.05) is 65.1 Å². The van der Waals surface area contributed by atoms with Crippen LogP contribution in [0.5, 0.6) is 11.5 Å². The number of amides is 3. The number of carbonyl (C=O) groups is 7. The number of carboxylic acid groups (broad SMARTS) is 3. The maximum Gasteiger partial charge on any atom is 0.349 e. The molecule has 3 amide bonds. The maximum absolute atomic E-state index is 12.3. The fourth-order valence-corrected chi connectivity index (χ4v) is 10.4. The molecule has 5 aromatic heterocycles. The number of nitrogens with zero attached hydrogens (tertiary/aromatic N) is 10. The molecule has 0 unspecified atom stereocenters. The van der Waals surface area contributed by atoms with Gasteiger partial charge in [-0.05, 0) is 93.8 Å². The number of aliphatic hydroxyl groups is 16. The number of nitrogens with one attached hydrogen (secondary N) is 5. The fraction of sp³-hybridized carbons (Fsp3) is 0.436. The van der Waals surface area contributed by atoms with E-state index in [1.807, 2.05) is 13.8 Å². The molecule has 2 aliphatic heterocycles. The Kier molecular flexibility index (Phi) is 50.8. The number of carboxylic acids is 3. The highest BCUT2D eigenvalue weighted by Crippen LogP contribution is 2.28. The normalized spacial score (nSPS) is 15.9. The predicted molar refractivity (Wildman–Crippen MR) is 457 cm³/mol. The van der Waals surface area contributed by atoms with Gasteiger partial charge in [0.25, 0.3) is 17.0 Å². The summed E-state index contributed by atoms with van der Waals surface area (Å²) in [4.78, 5) is 148. The number of nitrogen functional groups attached to an aromatic ring is 1. The Labute approximate surface area is 752 Å². The average Bonchev–Trinajstić information content (AvgIpc) is 0.750. The molecule has 0 bridgehead atoms. The number of hydrogen-bond acceptors (Lipinski definition) is 38. The van der Waals surface area contributed by atoms with E-state index in [1.54, 1.807) is 56.4 Å². The van der Waals surface area contributed by atoms with Crippen LogP contribution >= 0.6 is 24.8 Å². The van der Waals surface area contributed by atoms with E-state index in [1.165, 1.54) is 55.3 Å². The number of carbonyl (C=O) groups excluding carboxylic acids is 4. The van der Waals surface area contributed by atoms with E-state index in [4.69, 9.17) is 88.1 Å².